The molecule has 0 aromatic heterocycles. The van der Waals surface area contributed by atoms with Crippen LogP contribution in [0.15, 0.2) is 60.7 Å². The van der Waals surface area contributed by atoms with Gasteiger partial charge in [-0.1, -0.05) is 60.7 Å². The largest absolute Gasteiger partial charge is 0.444 e. The van der Waals surface area contributed by atoms with E-state index >= 15 is 0 Å². The van der Waals surface area contributed by atoms with Gasteiger partial charge in [0.1, 0.15) is 17.1 Å². The summed E-state index contributed by atoms with van der Waals surface area (Å²) in [5.74, 6) is -0.589. The number of rotatable bonds is 10. The van der Waals surface area contributed by atoms with Gasteiger partial charge in [0, 0.05) is 0 Å². The van der Waals surface area contributed by atoms with Crippen molar-refractivity contribution >= 4 is 26.3 Å². The fourth-order valence-corrected chi connectivity index (χ4v) is 6.00. The van der Waals surface area contributed by atoms with Crippen molar-refractivity contribution < 1.29 is 34.7 Å². The van der Waals surface area contributed by atoms with Gasteiger partial charge < -0.3 is 4.74 Å². The smallest absolute Gasteiger partial charge is 0.410 e. The number of carbonyl (C=O) groups is 1. The Kier molecular flexibility index (Phi) is 9.15. The van der Waals surface area contributed by atoms with Crippen LogP contribution in [0.1, 0.15) is 44.7 Å². The zero-order valence-corrected chi connectivity index (χ0v) is 22.3. The highest BCUT2D eigenvalue weighted by molar-refractivity contribution is 7.86. The quantitative estimate of drug-likeness (QED) is 0.418. The first-order valence-corrected chi connectivity index (χ1v) is 14.8. The number of nitrogens with zero attached hydrogens (tertiary/aromatic N) is 1. The van der Waals surface area contributed by atoms with Crippen LogP contribution in [-0.4, -0.2) is 58.7 Å². The lowest BCUT2D eigenvalue weighted by molar-refractivity contribution is 0.00610. The minimum absolute atomic E-state index is 0.262. The lowest BCUT2D eigenvalue weighted by Gasteiger charge is -2.32. The monoisotopic (exact) mass is 539 g/mol. The van der Waals surface area contributed by atoms with Crippen molar-refractivity contribution in [3.8, 4) is 0 Å². The lowest BCUT2D eigenvalue weighted by atomic mass is 10.2. The molecular formula is C25H33NO8S2. The number of ether oxygens (including phenoxy) is 1. The van der Waals surface area contributed by atoms with Crippen molar-refractivity contribution in [1.82, 2.24) is 4.90 Å². The summed E-state index contributed by atoms with van der Waals surface area (Å²) < 4.78 is 66.1. The molecule has 0 spiro atoms. The van der Waals surface area contributed by atoms with Crippen LogP contribution in [0.3, 0.4) is 0 Å². The van der Waals surface area contributed by atoms with Gasteiger partial charge in [0.15, 0.2) is 0 Å². The summed E-state index contributed by atoms with van der Waals surface area (Å²) in [6, 6.07) is 16.0. The van der Waals surface area contributed by atoms with Gasteiger partial charge in [-0.15, -0.1) is 0 Å². The van der Waals surface area contributed by atoms with E-state index in [0.717, 1.165) is 0 Å². The first-order chi connectivity index (χ1) is 16.8. The molecule has 1 amide bonds. The minimum Gasteiger partial charge on any atom is -0.444 e. The molecular weight excluding hydrogens is 506 g/mol. The summed E-state index contributed by atoms with van der Waals surface area (Å²) >= 11 is 0. The maximum absolute atomic E-state index is 13.0. The summed E-state index contributed by atoms with van der Waals surface area (Å²) in [6.07, 6.45) is 0.141. The predicted octanol–water partition coefficient (Wildman–Crippen LogP) is 3.85. The van der Waals surface area contributed by atoms with E-state index in [1.165, 1.54) is 4.90 Å². The van der Waals surface area contributed by atoms with E-state index in [0.29, 0.717) is 24.0 Å². The second kappa shape index (κ2) is 11.7. The summed E-state index contributed by atoms with van der Waals surface area (Å²) in [4.78, 5) is 14.4. The van der Waals surface area contributed by atoms with Crippen LogP contribution in [0.5, 0.6) is 0 Å². The standard InChI is InChI=1S/C25H33NO8S2/c1-25(2,3)34-24(27)26-22(16-32-35(28,29)18-20-10-6-4-7-11-20)14-15-23(26)17-33-36(30,31)19-21-12-8-5-9-13-21/h4-13,22-23H,14-19H2,1-3H3. The van der Waals surface area contributed by atoms with Crippen LogP contribution < -0.4 is 0 Å². The van der Waals surface area contributed by atoms with Crippen LogP contribution in [0.4, 0.5) is 4.79 Å². The third-order valence-corrected chi connectivity index (χ3v) is 7.84. The number of amides is 1. The molecule has 1 fully saturated rings. The molecule has 0 N–H and O–H groups in total. The first kappa shape index (κ1) is 28.1. The number of likely N-dealkylation sites (tertiary alicyclic amines) is 1. The van der Waals surface area contributed by atoms with Gasteiger partial charge in [0.2, 0.25) is 0 Å². The Hall–Kier alpha value is -2.47. The van der Waals surface area contributed by atoms with Crippen LogP contribution in [0, 0.1) is 0 Å². The van der Waals surface area contributed by atoms with Crippen LogP contribution >= 0.6 is 0 Å². The molecule has 11 heteroatoms. The summed E-state index contributed by atoms with van der Waals surface area (Å²) in [5, 5.41) is 0. The second-order valence-corrected chi connectivity index (χ2v) is 13.0. The molecule has 2 unspecified atom stereocenters. The minimum atomic E-state index is -3.90. The van der Waals surface area contributed by atoms with Crippen molar-refractivity contribution in [2.75, 3.05) is 13.2 Å². The maximum Gasteiger partial charge on any atom is 0.410 e. The Labute approximate surface area is 213 Å². The Morgan fingerprint density at radius 2 is 1.17 bits per heavy atom. The predicted molar refractivity (Wildman–Crippen MR) is 135 cm³/mol. The van der Waals surface area contributed by atoms with Crippen LogP contribution in [-0.2, 0) is 44.8 Å². The Morgan fingerprint density at radius 3 is 1.53 bits per heavy atom. The van der Waals surface area contributed by atoms with E-state index in [1.54, 1.807) is 81.4 Å². The molecule has 0 radical (unpaired) electrons. The first-order valence-electron chi connectivity index (χ1n) is 11.7. The van der Waals surface area contributed by atoms with Crippen LogP contribution in [0.2, 0.25) is 0 Å². The summed E-state index contributed by atoms with van der Waals surface area (Å²) in [7, 11) is -7.80. The van der Waals surface area contributed by atoms with E-state index < -0.39 is 44.0 Å². The van der Waals surface area contributed by atoms with Gasteiger partial charge in [-0.05, 0) is 44.7 Å². The highest BCUT2D eigenvalue weighted by Gasteiger charge is 2.41. The van der Waals surface area contributed by atoms with Crippen molar-refractivity contribution in [3.63, 3.8) is 0 Å². The normalized spacial score (nSPS) is 18.8. The summed E-state index contributed by atoms with van der Waals surface area (Å²) in [5.41, 5.74) is 0.376. The molecule has 9 nitrogen and oxygen atoms in total. The zero-order chi connectivity index (χ0) is 26.4. The molecule has 1 saturated heterocycles. The Bertz CT molecular complexity index is 1130. The highest BCUT2D eigenvalue weighted by Crippen LogP contribution is 2.28. The molecule has 2 atom stereocenters. The van der Waals surface area contributed by atoms with Gasteiger partial charge in [0.05, 0.1) is 25.3 Å². The second-order valence-electron chi connectivity index (χ2n) is 9.72. The SMILES string of the molecule is CC(C)(C)OC(=O)N1C(COS(=O)(=O)Cc2ccccc2)CCC1COS(=O)(=O)Cc1ccccc1. The van der Waals surface area contributed by atoms with E-state index in [4.69, 9.17) is 13.1 Å². The molecule has 0 saturated carbocycles. The molecule has 1 heterocycles. The van der Waals surface area contributed by atoms with Crippen LogP contribution in [0.25, 0.3) is 0 Å². The van der Waals surface area contributed by atoms with Gasteiger partial charge in [-0.25, -0.2) is 4.79 Å². The molecule has 3 rings (SSSR count). The summed E-state index contributed by atoms with van der Waals surface area (Å²) in [6.45, 7) is 4.62. The molecule has 0 aliphatic carbocycles. The molecule has 1 aliphatic rings. The molecule has 2 aromatic carbocycles. The third kappa shape index (κ3) is 8.88. The highest BCUT2D eigenvalue weighted by atomic mass is 32.2. The Morgan fingerprint density at radius 1 is 0.778 bits per heavy atom. The van der Waals surface area contributed by atoms with E-state index in [1.807, 2.05) is 0 Å². The molecule has 36 heavy (non-hydrogen) atoms. The van der Waals surface area contributed by atoms with E-state index in [2.05, 4.69) is 0 Å². The number of hydrogen-bond donors (Lipinski definition) is 0. The average molecular weight is 540 g/mol. The van der Waals surface area contributed by atoms with E-state index in [9.17, 15) is 21.6 Å². The lowest BCUT2D eigenvalue weighted by Crippen LogP contribution is -2.47. The topological polar surface area (TPSA) is 116 Å². The number of benzene rings is 2. The van der Waals surface area contributed by atoms with Crippen molar-refractivity contribution in [2.24, 2.45) is 0 Å². The third-order valence-electron chi connectivity index (χ3n) is 5.48. The Balaban J connectivity index is 1.67. The number of carbonyl (C=O) groups excluding carboxylic acids is 1. The molecule has 0 bridgehead atoms. The van der Waals surface area contributed by atoms with Crippen molar-refractivity contribution in [2.45, 2.75) is 62.8 Å². The maximum atomic E-state index is 13.0. The molecule has 198 valence electrons. The molecule has 1 aliphatic heterocycles. The van der Waals surface area contributed by atoms with Gasteiger partial charge in [-0.2, -0.15) is 16.8 Å². The van der Waals surface area contributed by atoms with Gasteiger partial charge in [0.25, 0.3) is 20.2 Å². The zero-order valence-electron chi connectivity index (χ0n) is 20.7. The van der Waals surface area contributed by atoms with Crippen molar-refractivity contribution in [3.05, 3.63) is 71.8 Å². The van der Waals surface area contributed by atoms with E-state index in [-0.39, 0.29) is 24.7 Å². The fourth-order valence-electron chi connectivity index (χ4n) is 3.91. The number of hydrogen-bond acceptors (Lipinski definition) is 8. The molecule has 2 aromatic rings. The van der Waals surface area contributed by atoms with Crippen molar-refractivity contribution in [1.29, 1.82) is 0 Å². The average Bonchev–Trinajstić information content (AvgIpc) is 3.19. The van der Waals surface area contributed by atoms with Gasteiger partial charge >= 0.3 is 6.09 Å². The van der Waals surface area contributed by atoms with Gasteiger partial charge in [-0.3, -0.25) is 13.3 Å². The fraction of sp³-hybridized carbons (Fsp3) is 0.480.